The van der Waals surface area contributed by atoms with E-state index in [-0.39, 0.29) is 6.04 Å². The first-order valence-corrected chi connectivity index (χ1v) is 4.13. The number of carbonyl (C=O) groups is 1. The Hall–Kier alpha value is -1.31. The van der Waals surface area contributed by atoms with E-state index >= 15 is 0 Å². The summed E-state index contributed by atoms with van der Waals surface area (Å²) in [7, 11) is 0. The lowest BCUT2D eigenvalue weighted by atomic mass is 10.1. The molecule has 1 amide bonds. The molecule has 0 unspecified atom stereocenters. The average molecular weight is 163 g/mol. The molecule has 0 heterocycles. The molecular formula is C10H13NO. The Morgan fingerprint density at radius 1 is 1.42 bits per heavy atom. The number of carbonyl (C=O) groups excluding carboxylic acids is 1. The number of benzene rings is 1. The highest BCUT2D eigenvalue weighted by atomic mass is 16.1. The molecule has 1 aromatic rings. The van der Waals surface area contributed by atoms with E-state index in [2.05, 4.69) is 5.32 Å². The summed E-state index contributed by atoms with van der Waals surface area (Å²) < 4.78 is 0. The molecule has 1 aromatic carbocycles. The molecule has 0 saturated carbocycles. The molecule has 0 spiro atoms. The van der Waals surface area contributed by atoms with Crippen LogP contribution in [0.1, 0.15) is 24.9 Å². The van der Waals surface area contributed by atoms with Crippen LogP contribution in [-0.2, 0) is 4.79 Å². The number of nitrogens with one attached hydrogen (secondary N) is 1. The molecule has 0 bridgehead atoms. The molecule has 0 fully saturated rings. The monoisotopic (exact) mass is 163 g/mol. The van der Waals surface area contributed by atoms with Gasteiger partial charge < -0.3 is 5.32 Å². The number of hydrogen-bond acceptors (Lipinski definition) is 1. The van der Waals surface area contributed by atoms with Crippen LogP contribution in [0.5, 0.6) is 0 Å². The molecule has 1 atom stereocenters. The Morgan fingerprint density at radius 3 is 2.58 bits per heavy atom. The number of hydrogen-bond donors (Lipinski definition) is 1. The summed E-state index contributed by atoms with van der Waals surface area (Å²) in [6.07, 6.45) is 1.67. The maximum atomic E-state index is 10.2. The Balaban J connectivity index is 2.72. The normalized spacial score (nSPS) is 12.1. The summed E-state index contributed by atoms with van der Waals surface area (Å²) >= 11 is 0. The van der Waals surface area contributed by atoms with Crippen LogP contribution < -0.4 is 5.32 Å². The van der Waals surface area contributed by atoms with Crippen LogP contribution in [0.25, 0.3) is 0 Å². The zero-order chi connectivity index (χ0) is 8.81. The third kappa shape index (κ3) is 2.09. The first kappa shape index (κ1) is 8.78. The fourth-order valence-electron chi connectivity index (χ4n) is 1.22. The van der Waals surface area contributed by atoms with E-state index in [1.54, 1.807) is 0 Å². The van der Waals surface area contributed by atoms with E-state index in [1.165, 1.54) is 0 Å². The molecule has 1 rings (SSSR count). The molecular weight excluding hydrogens is 150 g/mol. The highest BCUT2D eigenvalue weighted by Gasteiger charge is 2.05. The molecule has 0 aliphatic rings. The van der Waals surface area contributed by atoms with Crippen molar-refractivity contribution in [3.05, 3.63) is 35.9 Å². The SMILES string of the molecule is CC[C@H](NC=O)c1ccccc1. The molecule has 0 aliphatic carbocycles. The van der Waals surface area contributed by atoms with Crippen LogP contribution >= 0.6 is 0 Å². The second-order valence-corrected chi connectivity index (χ2v) is 2.66. The van der Waals surface area contributed by atoms with Gasteiger partial charge in [0.1, 0.15) is 0 Å². The van der Waals surface area contributed by atoms with Crippen molar-refractivity contribution >= 4 is 6.41 Å². The lowest BCUT2D eigenvalue weighted by molar-refractivity contribution is -0.110. The first-order valence-electron chi connectivity index (χ1n) is 4.13. The van der Waals surface area contributed by atoms with Gasteiger partial charge in [0.2, 0.25) is 6.41 Å². The van der Waals surface area contributed by atoms with Crippen molar-refractivity contribution < 1.29 is 4.79 Å². The van der Waals surface area contributed by atoms with Crippen LogP contribution in [0.2, 0.25) is 0 Å². The van der Waals surface area contributed by atoms with E-state index in [9.17, 15) is 4.79 Å². The molecule has 2 nitrogen and oxygen atoms in total. The van der Waals surface area contributed by atoms with E-state index in [4.69, 9.17) is 0 Å². The van der Waals surface area contributed by atoms with Gasteiger partial charge in [-0.15, -0.1) is 0 Å². The molecule has 2 heteroatoms. The van der Waals surface area contributed by atoms with E-state index in [1.807, 2.05) is 37.3 Å². The zero-order valence-electron chi connectivity index (χ0n) is 7.16. The summed E-state index contributed by atoms with van der Waals surface area (Å²) in [4.78, 5) is 10.2. The molecule has 0 aliphatic heterocycles. The van der Waals surface area contributed by atoms with Crippen molar-refractivity contribution in [2.75, 3.05) is 0 Å². The third-order valence-corrected chi connectivity index (χ3v) is 1.88. The van der Waals surface area contributed by atoms with Crippen molar-refractivity contribution in [1.82, 2.24) is 5.32 Å². The van der Waals surface area contributed by atoms with Crippen LogP contribution in [-0.4, -0.2) is 6.41 Å². The number of rotatable bonds is 4. The Bertz CT molecular complexity index is 233. The van der Waals surface area contributed by atoms with Gasteiger partial charge in [0.15, 0.2) is 0 Å². The molecule has 0 aromatic heterocycles. The molecule has 64 valence electrons. The molecule has 1 N–H and O–H groups in total. The topological polar surface area (TPSA) is 29.1 Å². The average Bonchev–Trinajstić information content (AvgIpc) is 2.15. The van der Waals surface area contributed by atoms with Crippen LogP contribution in [0, 0.1) is 0 Å². The fraction of sp³-hybridized carbons (Fsp3) is 0.300. The largest absolute Gasteiger partial charge is 0.352 e. The van der Waals surface area contributed by atoms with Gasteiger partial charge in [0.25, 0.3) is 0 Å². The van der Waals surface area contributed by atoms with Crippen LogP contribution in [0.15, 0.2) is 30.3 Å². The zero-order valence-corrected chi connectivity index (χ0v) is 7.16. The first-order chi connectivity index (χ1) is 5.88. The van der Waals surface area contributed by atoms with Crippen molar-refractivity contribution in [3.63, 3.8) is 0 Å². The molecule has 0 saturated heterocycles. The van der Waals surface area contributed by atoms with Crippen LogP contribution in [0.4, 0.5) is 0 Å². The minimum absolute atomic E-state index is 0.156. The highest BCUT2D eigenvalue weighted by molar-refractivity contribution is 5.47. The standard InChI is InChI=1S/C10H13NO/c1-2-10(11-8-12)9-6-4-3-5-7-9/h3-8,10H,2H2,1H3,(H,11,12)/t10-/m0/s1. The fourth-order valence-corrected chi connectivity index (χ4v) is 1.22. The minimum atomic E-state index is 0.156. The van der Waals surface area contributed by atoms with Gasteiger partial charge in [0.05, 0.1) is 6.04 Å². The van der Waals surface area contributed by atoms with E-state index < -0.39 is 0 Å². The maximum Gasteiger partial charge on any atom is 0.207 e. The van der Waals surface area contributed by atoms with Crippen molar-refractivity contribution in [1.29, 1.82) is 0 Å². The van der Waals surface area contributed by atoms with Gasteiger partial charge >= 0.3 is 0 Å². The quantitative estimate of drug-likeness (QED) is 0.675. The predicted molar refractivity (Wildman–Crippen MR) is 48.7 cm³/mol. The van der Waals surface area contributed by atoms with E-state index in [0.717, 1.165) is 18.4 Å². The van der Waals surface area contributed by atoms with Crippen molar-refractivity contribution in [3.8, 4) is 0 Å². The summed E-state index contributed by atoms with van der Waals surface area (Å²) in [5.74, 6) is 0. The van der Waals surface area contributed by atoms with Gasteiger partial charge in [-0.05, 0) is 12.0 Å². The maximum absolute atomic E-state index is 10.2. The van der Waals surface area contributed by atoms with Crippen molar-refractivity contribution in [2.45, 2.75) is 19.4 Å². The van der Waals surface area contributed by atoms with Crippen molar-refractivity contribution in [2.24, 2.45) is 0 Å². The lowest BCUT2D eigenvalue weighted by Gasteiger charge is -2.13. The van der Waals surface area contributed by atoms with Gasteiger partial charge in [-0.1, -0.05) is 37.3 Å². The van der Waals surface area contributed by atoms with Gasteiger partial charge in [-0.2, -0.15) is 0 Å². The second-order valence-electron chi connectivity index (χ2n) is 2.66. The third-order valence-electron chi connectivity index (χ3n) is 1.88. The lowest BCUT2D eigenvalue weighted by Crippen LogP contribution is -2.18. The predicted octanol–water partition coefficient (Wildman–Crippen LogP) is 1.88. The smallest absolute Gasteiger partial charge is 0.207 e. The second kappa shape index (κ2) is 4.54. The molecule has 12 heavy (non-hydrogen) atoms. The number of amides is 1. The Labute approximate surface area is 72.6 Å². The minimum Gasteiger partial charge on any atom is -0.352 e. The highest BCUT2D eigenvalue weighted by Crippen LogP contribution is 2.14. The van der Waals surface area contributed by atoms with Gasteiger partial charge in [-0.3, -0.25) is 4.79 Å². The Kier molecular flexibility index (Phi) is 3.33. The Morgan fingerprint density at radius 2 is 2.08 bits per heavy atom. The van der Waals surface area contributed by atoms with Gasteiger partial charge in [-0.25, -0.2) is 0 Å². The van der Waals surface area contributed by atoms with Crippen LogP contribution in [0.3, 0.4) is 0 Å². The summed E-state index contributed by atoms with van der Waals surface area (Å²) in [5, 5.41) is 2.77. The molecule has 0 radical (unpaired) electrons. The summed E-state index contributed by atoms with van der Waals surface area (Å²) in [6.45, 7) is 2.05. The summed E-state index contributed by atoms with van der Waals surface area (Å²) in [5.41, 5.74) is 1.16. The summed E-state index contributed by atoms with van der Waals surface area (Å²) in [6, 6.07) is 10.1. The van der Waals surface area contributed by atoms with Gasteiger partial charge in [0, 0.05) is 0 Å². The van der Waals surface area contributed by atoms with E-state index in [0.29, 0.717) is 0 Å².